The lowest BCUT2D eigenvalue weighted by atomic mass is 9.97. The molecule has 0 atom stereocenters. The van der Waals surface area contributed by atoms with E-state index in [9.17, 15) is 22.0 Å². The molecule has 0 aliphatic rings. The summed E-state index contributed by atoms with van der Waals surface area (Å²) in [4.78, 5) is 0. The van der Waals surface area contributed by atoms with E-state index >= 15 is 0 Å². The van der Waals surface area contributed by atoms with Gasteiger partial charge in [-0.2, -0.15) is 22.0 Å². The van der Waals surface area contributed by atoms with Gasteiger partial charge in [0.1, 0.15) is 0 Å². The Labute approximate surface area is 118 Å². The third-order valence-electron chi connectivity index (χ3n) is 3.08. The summed E-state index contributed by atoms with van der Waals surface area (Å²) in [6, 6.07) is 14.5. The first kappa shape index (κ1) is 15.2. The Kier molecular flexibility index (Phi) is 3.85. The van der Waals surface area contributed by atoms with Gasteiger partial charge in [-0.1, -0.05) is 61.2 Å². The van der Waals surface area contributed by atoms with Crippen molar-refractivity contribution < 1.29 is 22.0 Å². The molecule has 21 heavy (non-hydrogen) atoms. The van der Waals surface area contributed by atoms with Gasteiger partial charge in [0.2, 0.25) is 0 Å². The number of alkyl halides is 5. The van der Waals surface area contributed by atoms with Crippen LogP contribution in [-0.2, 0) is 0 Å². The fraction of sp³-hybridized carbons (Fsp3) is 0.125. The predicted molar refractivity (Wildman–Crippen MR) is 71.9 cm³/mol. The minimum atomic E-state index is -5.65. The van der Waals surface area contributed by atoms with Crippen molar-refractivity contribution in [2.45, 2.75) is 12.1 Å². The van der Waals surface area contributed by atoms with E-state index in [0.717, 1.165) is 11.1 Å². The topological polar surface area (TPSA) is 0 Å². The molecule has 0 nitrogen and oxygen atoms in total. The number of benzene rings is 2. The van der Waals surface area contributed by atoms with Crippen LogP contribution in [0, 0.1) is 0 Å². The zero-order valence-corrected chi connectivity index (χ0v) is 10.8. The third kappa shape index (κ3) is 2.96. The summed E-state index contributed by atoms with van der Waals surface area (Å²) < 4.78 is 63.3. The summed E-state index contributed by atoms with van der Waals surface area (Å²) in [5, 5.41) is 0. The largest absolute Gasteiger partial charge is 0.458 e. The van der Waals surface area contributed by atoms with E-state index in [0.29, 0.717) is 0 Å². The van der Waals surface area contributed by atoms with Crippen molar-refractivity contribution in [2.24, 2.45) is 0 Å². The fourth-order valence-electron chi connectivity index (χ4n) is 1.85. The summed E-state index contributed by atoms with van der Waals surface area (Å²) in [6.45, 7) is 2.90. The van der Waals surface area contributed by atoms with Gasteiger partial charge in [0.15, 0.2) is 0 Å². The molecule has 0 aliphatic heterocycles. The average molecular weight is 298 g/mol. The van der Waals surface area contributed by atoms with Crippen LogP contribution in [0.5, 0.6) is 0 Å². The molecule has 2 aromatic rings. The van der Waals surface area contributed by atoms with Crippen LogP contribution in [0.1, 0.15) is 5.56 Å². The number of rotatable bonds is 3. The van der Waals surface area contributed by atoms with E-state index in [-0.39, 0.29) is 5.56 Å². The summed E-state index contributed by atoms with van der Waals surface area (Å²) >= 11 is 0. The first-order valence-corrected chi connectivity index (χ1v) is 6.03. The second kappa shape index (κ2) is 5.31. The molecule has 2 rings (SSSR count). The van der Waals surface area contributed by atoms with E-state index < -0.39 is 17.7 Å². The fourth-order valence-corrected chi connectivity index (χ4v) is 1.85. The van der Waals surface area contributed by atoms with Crippen molar-refractivity contribution in [1.29, 1.82) is 0 Å². The Balaban J connectivity index is 2.30. The SMILES string of the molecule is C=C(c1ccc(-c2ccccc2)cc1)C(F)(F)C(F)(F)F. The molecule has 0 aromatic heterocycles. The van der Waals surface area contributed by atoms with E-state index in [4.69, 9.17) is 0 Å². The van der Waals surface area contributed by atoms with Gasteiger partial charge in [-0.25, -0.2) is 0 Å². The van der Waals surface area contributed by atoms with Gasteiger partial charge in [-0.05, 0) is 16.7 Å². The van der Waals surface area contributed by atoms with Gasteiger partial charge >= 0.3 is 12.1 Å². The third-order valence-corrected chi connectivity index (χ3v) is 3.08. The predicted octanol–water partition coefficient (Wildman–Crippen LogP) is 5.56. The van der Waals surface area contributed by atoms with Gasteiger partial charge in [0.05, 0.1) is 0 Å². The van der Waals surface area contributed by atoms with Gasteiger partial charge < -0.3 is 0 Å². The molecule has 110 valence electrons. The second-order valence-corrected chi connectivity index (χ2v) is 4.49. The molecule has 5 heteroatoms. The summed E-state index contributed by atoms with van der Waals surface area (Å²) in [5.74, 6) is -4.94. The number of hydrogen-bond acceptors (Lipinski definition) is 0. The first-order valence-electron chi connectivity index (χ1n) is 6.03. The summed E-state index contributed by atoms with van der Waals surface area (Å²) in [6.07, 6.45) is -5.65. The van der Waals surface area contributed by atoms with Crippen LogP contribution in [0.15, 0.2) is 61.2 Å². The standard InChI is InChI=1S/C16H11F5/c1-11(15(17,18)16(19,20)21)12-7-9-14(10-8-12)13-5-3-2-4-6-13/h2-10H,1H2. The lowest BCUT2D eigenvalue weighted by Gasteiger charge is -2.22. The van der Waals surface area contributed by atoms with Crippen molar-refractivity contribution in [1.82, 2.24) is 0 Å². The van der Waals surface area contributed by atoms with Crippen molar-refractivity contribution in [3.05, 3.63) is 66.7 Å². The van der Waals surface area contributed by atoms with Gasteiger partial charge in [0.25, 0.3) is 0 Å². The average Bonchev–Trinajstić information content (AvgIpc) is 2.46. The molecule has 0 aliphatic carbocycles. The maximum atomic E-state index is 13.2. The molecule has 0 heterocycles. The maximum absolute atomic E-state index is 13.2. The molecule has 0 radical (unpaired) electrons. The molecule has 0 N–H and O–H groups in total. The lowest BCUT2D eigenvalue weighted by Crippen LogP contribution is -2.37. The highest BCUT2D eigenvalue weighted by atomic mass is 19.4. The lowest BCUT2D eigenvalue weighted by molar-refractivity contribution is -0.253. The van der Waals surface area contributed by atoms with Gasteiger partial charge in [0, 0.05) is 5.57 Å². The Morgan fingerprint density at radius 3 is 1.67 bits per heavy atom. The van der Waals surface area contributed by atoms with Crippen LogP contribution in [0.3, 0.4) is 0 Å². The molecule has 0 saturated heterocycles. The number of hydrogen-bond donors (Lipinski definition) is 0. The summed E-state index contributed by atoms with van der Waals surface area (Å²) in [7, 11) is 0. The molecule has 0 fully saturated rings. The monoisotopic (exact) mass is 298 g/mol. The van der Waals surface area contributed by atoms with Crippen LogP contribution in [-0.4, -0.2) is 12.1 Å². The Bertz CT molecular complexity index is 624. The van der Waals surface area contributed by atoms with Crippen molar-refractivity contribution >= 4 is 5.57 Å². The molecule has 0 bridgehead atoms. The normalized spacial score (nSPS) is 12.2. The van der Waals surface area contributed by atoms with E-state index in [1.807, 2.05) is 18.2 Å². The quantitative estimate of drug-likeness (QED) is 0.650. The van der Waals surface area contributed by atoms with Crippen LogP contribution in [0.4, 0.5) is 22.0 Å². The summed E-state index contributed by atoms with van der Waals surface area (Å²) in [5.41, 5.74) is 0.0753. The molecule has 0 unspecified atom stereocenters. The zero-order valence-electron chi connectivity index (χ0n) is 10.8. The minimum absolute atomic E-state index is 0.239. The van der Waals surface area contributed by atoms with Gasteiger partial charge in [-0.3, -0.25) is 0 Å². The highest BCUT2D eigenvalue weighted by Crippen LogP contribution is 2.44. The van der Waals surface area contributed by atoms with E-state index in [2.05, 4.69) is 6.58 Å². The maximum Gasteiger partial charge on any atom is 0.458 e. The van der Waals surface area contributed by atoms with E-state index in [1.54, 1.807) is 12.1 Å². The van der Waals surface area contributed by atoms with Crippen molar-refractivity contribution in [3.63, 3.8) is 0 Å². The zero-order chi connectivity index (χ0) is 15.7. The van der Waals surface area contributed by atoms with Crippen LogP contribution >= 0.6 is 0 Å². The molecule has 0 saturated carbocycles. The van der Waals surface area contributed by atoms with Crippen molar-refractivity contribution in [3.8, 4) is 11.1 Å². The first-order chi connectivity index (χ1) is 9.73. The van der Waals surface area contributed by atoms with Crippen LogP contribution in [0.2, 0.25) is 0 Å². The number of allylic oxidation sites excluding steroid dienone is 1. The molecule has 0 amide bonds. The second-order valence-electron chi connectivity index (χ2n) is 4.49. The molecular formula is C16H11F5. The van der Waals surface area contributed by atoms with Crippen LogP contribution in [0.25, 0.3) is 16.7 Å². The minimum Gasteiger partial charge on any atom is -0.191 e. The van der Waals surface area contributed by atoms with E-state index in [1.165, 1.54) is 24.3 Å². The Morgan fingerprint density at radius 2 is 1.19 bits per heavy atom. The number of halogens is 5. The molecular weight excluding hydrogens is 287 g/mol. The highest BCUT2D eigenvalue weighted by molar-refractivity contribution is 5.72. The highest BCUT2D eigenvalue weighted by Gasteiger charge is 2.59. The Morgan fingerprint density at radius 1 is 0.714 bits per heavy atom. The molecule has 2 aromatic carbocycles. The smallest absolute Gasteiger partial charge is 0.191 e. The van der Waals surface area contributed by atoms with Crippen LogP contribution < -0.4 is 0 Å². The Hall–Kier alpha value is -2.17. The molecule has 0 spiro atoms. The van der Waals surface area contributed by atoms with Gasteiger partial charge in [-0.15, -0.1) is 0 Å². The van der Waals surface area contributed by atoms with Crippen molar-refractivity contribution in [2.75, 3.05) is 0 Å².